The fraction of sp³-hybridized carbons (Fsp3) is 0.143. The summed E-state index contributed by atoms with van der Waals surface area (Å²) in [6.45, 7) is 0.189. The Bertz CT molecular complexity index is 634. The summed E-state index contributed by atoms with van der Waals surface area (Å²) in [4.78, 5) is 10.6. The van der Waals surface area contributed by atoms with Gasteiger partial charge < -0.3 is 4.74 Å². The Balaban J connectivity index is 2.21. The van der Waals surface area contributed by atoms with Crippen molar-refractivity contribution < 1.29 is 9.66 Å². The lowest BCUT2D eigenvalue weighted by molar-refractivity contribution is -0.386. The van der Waals surface area contributed by atoms with Crippen LogP contribution >= 0.6 is 27.5 Å². The van der Waals surface area contributed by atoms with Crippen molar-refractivity contribution in [1.82, 2.24) is 0 Å². The number of hydrogen-bond donors (Lipinski definition) is 0. The number of rotatable bonds is 5. The third-order valence-corrected chi connectivity index (χ3v) is 3.73. The molecule has 104 valence electrons. The lowest BCUT2D eigenvalue weighted by Gasteiger charge is -2.08. The van der Waals surface area contributed by atoms with E-state index >= 15 is 0 Å². The van der Waals surface area contributed by atoms with Gasteiger partial charge >= 0.3 is 5.69 Å². The summed E-state index contributed by atoms with van der Waals surface area (Å²) >= 11 is 9.29. The molecule has 0 radical (unpaired) electrons. The zero-order valence-corrected chi connectivity index (χ0v) is 12.7. The predicted octanol–water partition coefficient (Wildman–Crippen LogP) is 4.72. The van der Waals surface area contributed by atoms with Gasteiger partial charge in [0.2, 0.25) is 0 Å². The minimum Gasteiger partial charge on any atom is -0.482 e. The van der Waals surface area contributed by atoms with Crippen molar-refractivity contribution in [3.63, 3.8) is 0 Å². The largest absolute Gasteiger partial charge is 0.482 e. The summed E-state index contributed by atoms with van der Waals surface area (Å²) in [7, 11) is 0. The van der Waals surface area contributed by atoms with Gasteiger partial charge in [0.05, 0.1) is 4.92 Å². The highest BCUT2D eigenvalue weighted by Crippen LogP contribution is 2.30. The Morgan fingerprint density at radius 1 is 1.25 bits per heavy atom. The highest BCUT2D eigenvalue weighted by molar-refractivity contribution is 9.08. The van der Waals surface area contributed by atoms with Gasteiger partial charge in [0.15, 0.2) is 5.75 Å². The zero-order valence-electron chi connectivity index (χ0n) is 10.4. The number of halogens is 2. The van der Waals surface area contributed by atoms with Gasteiger partial charge in [0, 0.05) is 22.0 Å². The van der Waals surface area contributed by atoms with Gasteiger partial charge in [-0.3, -0.25) is 10.1 Å². The summed E-state index contributed by atoms with van der Waals surface area (Å²) in [5.41, 5.74) is 1.56. The number of hydrogen-bond acceptors (Lipinski definition) is 3. The van der Waals surface area contributed by atoms with Crippen molar-refractivity contribution >= 4 is 33.2 Å². The molecule has 0 unspecified atom stereocenters. The van der Waals surface area contributed by atoms with E-state index in [1.807, 2.05) is 18.2 Å². The third-order valence-electron chi connectivity index (χ3n) is 2.72. The Labute approximate surface area is 129 Å². The van der Waals surface area contributed by atoms with Gasteiger partial charge in [0.1, 0.15) is 6.61 Å². The quantitative estimate of drug-likeness (QED) is 0.442. The monoisotopic (exact) mass is 355 g/mol. The van der Waals surface area contributed by atoms with Crippen molar-refractivity contribution in [3.8, 4) is 5.75 Å². The van der Waals surface area contributed by atoms with Crippen LogP contribution in [0, 0.1) is 10.1 Å². The summed E-state index contributed by atoms with van der Waals surface area (Å²) in [6.07, 6.45) is 0. The minimum atomic E-state index is -0.450. The molecular formula is C14H11BrClNO3. The lowest BCUT2D eigenvalue weighted by atomic mass is 10.2. The van der Waals surface area contributed by atoms with Gasteiger partial charge in [-0.1, -0.05) is 51.8 Å². The molecule has 20 heavy (non-hydrogen) atoms. The van der Waals surface area contributed by atoms with Gasteiger partial charge in [-0.15, -0.1) is 0 Å². The van der Waals surface area contributed by atoms with E-state index in [2.05, 4.69) is 15.9 Å². The first-order chi connectivity index (χ1) is 9.61. The molecule has 0 spiro atoms. The van der Waals surface area contributed by atoms with Crippen LogP contribution in [0.1, 0.15) is 11.1 Å². The van der Waals surface area contributed by atoms with Crippen molar-refractivity contribution in [2.24, 2.45) is 0 Å². The third kappa shape index (κ3) is 3.49. The smallest absolute Gasteiger partial charge is 0.311 e. The van der Waals surface area contributed by atoms with Crippen molar-refractivity contribution in [3.05, 3.63) is 68.7 Å². The Hall–Kier alpha value is -1.59. The maximum Gasteiger partial charge on any atom is 0.311 e. The first-order valence-electron chi connectivity index (χ1n) is 5.81. The van der Waals surface area contributed by atoms with Crippen LogP contribution in [0.3, 0.4) is 0 Å². The SMILES string of the molecule is O=[N+]([O-])c1cc(CBr)ccc1OCc1ccccc1Cl. The summed E-state index contributed by atoms with van der Waals surface area (Å²) < 4.78 is 5.52. The number of ether oxygens (including phenoxy) is 1. The number of benzene rings is 2. The molecule has 0 saturated carbocycles. The molecule has 0 aromatic heterocycles. The summed E-state index contributed by atoms with van der Waals surface area (Å²) in [5.74, 6) is 0.236. The molecule has 0 saturated heterocycles. The molecule has 0 aliphatic carbocycles. The topological polar surface area (TPSA) is 52.4 Å². The van der Waals surface area contributed by atoms with Gasteiger partial charge in [-0.25, -0.2) is 0 Å². The van der Waals surface area contributed by atoms with Gasteiger partial charge in [-0.2, -0.15) is 0 Å². The second kappa shape index (κ2) is 6.72. The van der Waals surface area contributed by atoms with Crippen LogP contribution in [0.2, 0.25) is 5.02 Å². The van der Waals surface area contributed by atoms with E-state index < -0.39 is 4.92 Å². The van der Waals surface area contributed by atoms with E-state index in [1.54, 1.807) is 18.2 Å². The molecule has 0 bridgehead atoms. The van der Waals surface area contributed by atoms with E-state index in [0.717, 1.165) is 11.1 Å². The first kappa shape index (κ1) is 14.8. The molecule has 0 aliphatic heterocycles. The van der Waals surface area contributed by atoms with Gasteiger partial charge in [-0.05, 0) is 17.7 Å². The molecule has 2 aromatic carbocycles. The fourth-order valence-electron chi connectivity index (χ4n) is 1.68. The Kier molecular flexibility index (Phi) is 4.98. The van der Waals surface area contributed by atoms with E-state index in [9.17, 15) is 10.1 Å². The zero-order chi connectivity index (χ0) is 14.5. The molecule has 0 atom stereocenters. The van der Waals surface area contributed by atoms with Crippen LogP contribution in [0.4, 0.5) is 5.69 Å². The highest BCUT2D eigenvalue weighted by atomic mass is 79.9. The summed E-state index contributed by atoms with van der Waals surface area (Å²) in [6, 6.07) is 12.1. The van der Waals surface area contributed by atoms with Crippen LogP contribution in [0.15, 0.2) is 42.5 Å². The summed E-state index contributed by atoms with van der Waals surface area (Å²) in [5, 5.41) is 12.2. The number of nitro benzene ring substituents is 1. The predicted molar refractivity (Wildman–Crippen MR) is 81.5 cm³/mol. The van der Waals surface area contributed by atoms with E-state index in [1.165, 1.54) is 6.07 Å². The second-order valence-electron chi connectivity index (χ2n) is 4.07. The van der Waals surface area contributed by atoms with Crippen LogP contribution in [-0.4, -0.2) is 4.92 Å². The maximum atomic E-state index is 11.1. The Morgan fingerprint density at radius 3 is 2.65 bits per heavy atom. The molecule has 6 heteroatoms. The first-order valence-corrected chi connectivity index (χ1v) is 7.31. The van der Waals surface area contributed by atoms with Crippen LogP contribution < -0.4 is 4.74 Å². The standard InChI is InChI=1S/C14H11BrClNO3/c15-8-10-5-6-14(13(7-10)17(18)19)20-9-11-3-1-2-4-12(11)16/h1-7H,8-9H2. The molecule has 0 fully saturated rings. The second-order valence-corrected chi connectivity index (χ2v) is 5.04. The molecule has 0 amide bonds. The average Bonchev–Trinajstić information content (AvgIpc) is 2.46. The minimum absolute atomic E-state index is 0.0472. The molecular weight excluding hydrogens is 346 g/mol. The van der Waals surface area contributed by atoms with Crippen molar-refractivity contribution in [2.75, 3.05) is 0 Å². The van der Waals surface area contributed by atoms with E-state index in [0.29, 0.717) is 10.4 Å². The molecule has 4 nitrogen and oxygen atoms in total. The molecule has 0 N–H and O–H groups in total. The molecule has 2 rings (SSSR count). The number of nitro groups is 1. The maximum absolute atomic E-state index is 11.1. The van der Waals surface area contributed by atoms with Crippen LogP contribution in [0.5, 0.6) is 5.75 Å². The van der Waals surface area contributed by atoms with E-state index in [4.69, 9.17) is 16.3 Å². The lowest BCUT2D eigenvalue weighted by Crippen LogP contribution is -2.00. The van der Waals surface area contributed by atoms with Crippen molar-refractivity contribution in [1.29, 1.82) is 0 Å². The number of alkyl halides is 1. The average molecular weight is 357 g/mol. The van der Waals surface area contributed by atoms with E-state index in [-0.39, 0.29) is 18.0 Å². The van der Waals surface area contributed by atoms with Crippen LogP contribution in [0.25, 0.3) is 0 Å². The fourth-order valence-corrected chi connectivity index (χ4v) is 2.22. The molecule has 0 aliphatic rings. The van der Waals surface area contributed by atoms with Gasteiger partial charge in [0.25, 0.3) is 0 Å². The molecule has 2 aromatic rings. The Morgan fingerprint density at radius 2 is 2.00 bits per heavy atom. The number of nitrogens with zero attached hydrogens (tertiary/aromatic N) is 1. The highest BCUT2D eigenvalue weighted by Gasteiger charge is 2.16. The normalized spacial score (nSPS) is 10.3. The van der Waals surface area contributed by atoms with Crippen molar-refractivity contribution in [2.45, 2.75) is 11.9 Å². The molecule has 0 heterocycles. The van der Waals surface area contributed by atoms with Crippen LogP contribution in [-0.2, 0) is 11.9 Å².